The summed E-state index contributed by atoms with van der Waals surface area (Å²) in [4.78, 5) is 14.7. The van der Waals surface area contributed by atoms with Gasteiger partial charge in [-0.2, -0.15) is 0 Å². The zero-order valence-electron chi connectivity index (χ0n) is 14.0. The van der Waals surface area contributed by atoms with Gasteiger partial charge in [0.2, 0.25) is 5.91 Å². The number of carbonyl (C=O) groups is 1. The number of carbonyl (C=O) groups excluding carboxylic acids is 1. The minimum atomic E-state index is 0.147. The molecule has 0 bridgehead atoms. The summed E-state index contributed by atoms with van der Waals surface area (Å²) >= 11 is 1.75. The third-order valence-electron chi connectivity index (χ3n) is 4.36. The standard InChI is InChI=1S/C20H24N2OS/c1-15-13-17(11-12-21-15)20(23)22-14-16-7-9-19(10-8-16)24-18-5-3-2-4-6-18/h2-10,15,17,21H,11-14H2,1H3,(H,22,23)/t15-,17-/m0/s1. The van der Waals surface area contributed by atoms with Gasteiger partial charge in [-0.25, -0.2) is 0 Å². The molecule has 0 radical (unpaired) electrons. The average Bonchev–Trinajstić information content (AvgIpc) is 2.62. The number of hydrogen-bond donors (Lipinski definition) is 2. The maximum atomic E-state index is 12.3. The van der Waals surface area contributed by atoms with E-state index in [-0.39, 0.29) is 11.8 Å². The van der Waals surface area contributed by atoms with Crippen molar-refractivity contribution in [2.24, 2.45) is 5.92 Å². The second-order valence-electron chi connectivity index (χ2n) is 6.35. The van der Waals surface area contributed by atoms with Gasteiger partial charge in [0, 0.05) is 28.3 Å². The Morgan fingerprint density at radius 1 is 1.12 bits per heavy atom. The van der Waals surface area contributed by atoms with Gasteiger partial charge in [0.1, 0.15) is 0 Å². The Hall–Kier alpha value is -1.78. The summed E-state index contributed by atoms with van der Waals surface area (Å²) in [6, 6.07) is 19.2. The molecule has 1 aliphatic rings. The van der Waals surface area contributed by atoms with Crippen LogP contribution >= 0.6 is 11.8 Å². The van der Waals surface area contributed by atoms with Gasteiger partial charge in [-0.15, -0.1) is 0 Å². The fraction of sp³-hybridized carbons (Fsp3) is 0.350. The molecule has 0 unspecified atom stereocenters. The molecule has 3 nitrogen and oxygen atoms in total. The molecule has 2 aromatic rings. The Morgan fingerprint density at radius 3 is 2.54 bits per heavy atom. The van der Waals surface area contributed by atoms with Crippen molar-refractivity contribution in [3.05, 3.63) is 60.2 Å². The lowest BCUT2D eigenvalue weighted by atomic mass is 9.92. The first-order valence-electron chi connectivity index (χ1n) is 8.53. The SMILES string of the molecule is C[C@H]1C[C@@H](C(=O)NCc2ccc(Sc3ccccc3)cc2)CCN1. The molecule has 1 heterocycles. The Labute approximate surface area is 148 Å². The fourth-order valence-electron chi connectivity index (χ4n) is 3.00. The van der Waals surface area contributed by atoms with Gasteiger partial charge >= 0.3 is 0 Å². The quantitative estimate of drug-likeness (QED) is 0.869. The van der Waals surface area contributed by atoms with Crippen molar-refractivity contribution in [1.82, 2.24) is 10.6 Å². The zero-order chi connectivity index (χ0) is 16.8. The van der Waals surface area contributed by atoms with Gasteiger partial charge < -0.3 is 10.6 Å². The van der Waals surface area contributed by atoms with Crippen LogP contribution in [0.4, 0.5) is 0 Å². The highest BCUT2D eigenvalue weighted by atomic mass is 32.2. The Morgan fingerprint density at radius 2 is 1.83 bits per heavy atom. The third-order valence-corrected chi connectivity index (χ3v) is 5.38. The van der Waals surface area contributed by atoms with E-state index in [1.165, 1.54) is 9.79 Å². The fourth-order valence-corrected chi connectivity index (χ4v) is 3.84. The van der Waals surface area contributed by atoms with Crippen LogP contribution in [0.15, 0.2) is 64.4 Å². The molecule has 0 aromatic heterocycles. The van der Waals surface area contributed by atoms with Crippen molar-refractivity contribution >= 4 is 17.7 Å². The van der Waals surface area contributed by atoms with Crippen LogP contribution in [0.3, 0.4) is 0 Å². The van der Waals surface area contributed by atoms with Crippen LogP contribution in [0.2, 0.25) is 0 Å². The minimum absolute atomic E-state index is 0.147. The van der Waals surface area contributed by atoms with E-state index in [1.807, 2.05) is 18.2 Å². The van der Waals surface area contributed by atoms with Crippen LogP contribution < -0.4 is 10.6 Å². The lowest BCUT2D eigenvalue weighted by Gasteiger charge is -2.27. The largest absolute Gasteiger partial charge is 0.352 e. The van der Waals surface area contributed by atoms with Crippen molar-refractivity contribution in [2.45, 2.75) is 42.1 Å². The number of amides is 1. The van der Waals surface area contributed by atoms with E-state index in [1.54, 1.807) is 11.8 Å². The van der Waals surface area contributed by atoms with Gasteiger partial charge in [-0.3, -0.25) is 4.79 Å². The molecule has 3 rings (SSSR count). The molecule has 1 fully saturated rings. The first kappa shape index (κ1) is 17.1. The van der Waals surface area contributed by atoms with Crippen LogP contribution in [0.1, 0.15) is 25.3 Å². The van der Waals surface area contributed by atoms with E-state index in [9.17, 15) is 4.79 Å². The number of benzene rings is 2. The van der Waals surface area contributed by atoms with E-state index in [2.05, 4.69) is 54.0 Å². The van der Waals surface area contributed by atoms with E-state index >= 15 is 0 Å². The molecule has 2 aromatic carbocycles. The smallest absolute Gasteiger partial charge is 0.223 e. The Balaban J connectivity index is 1.50. The van der Waals surface area contributed by atoms with Crippen LogP contribution in [-0.2, 0) is 11.3 Å². The molecule has 1 aliphatic heterocycles. The molecule has 1 amide bonds. The van der Waals surface area contributed by atoms with Gasteiger partial charge in [0.15, 0.2) is 0 Å². The summed E-state index contributed by atoms with van der Waals surface area (Å²) in [5.74, 6) is 0.334. The molecular formula is C20H24N2OS. The summed E-state index contributed by atoms with van der Waals surface area (Å²) in [5, 5.41) is 6.47. The molecule has 0 saturated carbocycles. The summed E-state index contributed by atoms with van der Waals surface area (Å²) in [5.41, 5.74) is 1.14. The van der Waals surface area contributed by atoms with Crippen molar-refractivity contribution in [3.63, 3.8) is 0 Å². The first-order chi connectivity index (χ1) is 11.7. The van der Waals surface area contributed by atoms with E-state index in [0.29, 0.717) is 12.6 Å². The highest BCUT2D eigenvalue weighted by Gasteiger charge is 2.24. The monoisotopic (exact) mass is 340 g/mol. The highest BCUT2D eigenvalue weighted by molar-refractivity contribution is 7.99. The van der Waals surface area contributed by atoms with Crippen LogP contribution in [0.25, 0.3) is 0 Å². The van der Waals surface area contributed by atoms with Crippen molar-refractivity contribution in [3.8, 4) is 0 Å². The zero-order valence-corrected chi connectivity index (χ0v) is 14.8. The summed E-state index contributed by atoms with van der Waals surface area (Å²) < 4.78 is 0. The third kappa shape index (κ3) is 4.86. The molecule has 24 heavy (non-hydrogen) atoms. The van der Waals surface area contributed by atoms with Gasteiger partial charge in [-0.05, 0) is 56.1 Å². The van der Waals surface area contributed by atoms with Crippen molar-refractivity contribution in [2.75, 3.05) is 6.54 Å². The topological polar surface area (TPSA) is 41.1 Å². The lowest BCUT2D eigenvalue weighted by Crippen LogP contribution is -2.42. The number of hydrogen-bond acceptors (Lipinski definition) is 3. The van der Waals surface area contributed by atoms with E-state index in [4.69, 9.17) is 0 Å². The molecule has 2 atom stereocenters. The Kier molecular flexibility index (Phi) is 5.94. The summed E-state index contributed by atoms with van der Waals surface area (Å²) in [6.45, 7) is 3.68. The van der Waals surface area contributed by atoms with Gasteiger partial charge in [-0.1, -0.05) is 42.1 Å². The van der Waals surface area contributed by atoms with Crippen molar-refractivity contribution < 1.29 is 4.79 Å². The molecule has 4 heteroatoms. The maximum absolute atomic E-state index is 12.3. The second-order valence-corrected chi connectivity index (χ2v) is 7.50. The van der Waals surface area contributed by atoms with Gasteiger partial charge in [0.25, 0.3) is 0 Å². The van der Waals surface area contributed by atoms with Crippen LogP contribution in [0.5, 0.6) is 0 Å². The number of nitrogens with one attached hydrogen (secondary N) is 2. The first-order valence-corrected chi connectivity index (χ1v) is 9.35. The number of rotatable bonds is 5. The maximum Gasteiger partial charge on any atom is 0.223 e. The summed E-state index contributed by atoms with van der Waals surface area (Å²) in [7, 11) is 0. The van der Waals surface area contributed by atoms with E-state index in [0.717, 1.165) is 24.9 Å². The van der Waals surface area contributed by atoms with E-state index < -0.39 is 0 Å². The molecule has 0 spiro atoms. The van der Waals surface area contributed by atoms with Crippen LogP contribution in [-0.4, -0.2) is 18.5 Å². The Bertz CT molecular complexity index is 657. The molecule has 126 valence electrons. The normalized spacial score (nSPS) is 20.5. The second kappa shape index (κ2) is 8.36. The van der Waals surface area contributed by atoms with Gasteiger partial charge in [0.05, 0.1) is 0 Å². The highest BCUT2D eigenvalue weighted by Crippen LogP contribution is 2.27. The minimum Gasteiger partial charge on any atom is -0.352 e. The average molecular weight is 340 g/mol. The van der Waals surface area contributed by atoms with Crippen molar-refractivity contribution in [1.29, 1.82) is 0 Å². The van der Waals surface area contributed by atoms with Crippen LogP contribution in [0, 0.1) is 5.92 Å². The lowest BCUT2D eigenvalue weighted by molar-refractivity contribution is -0.126. The molecular weight excluding hydrogens is 316 g/mol. The molecule has 1 saturated heterocycles. The summed E-state index contributed by atoms with van der Waals surface area (Å²) in [6.07, 6.45) is 1.86. The predicted octanol–water partition coefficient (Wildman–Crippen LogP) is 3.84. The molecule has 2 N–H and O–H groups in total. The predicted molar refractivity (Wildman–Crippen MR) is 99.0 cm³/mol. The molecule has 0 aliphatic carbocycles. The number of piperidine rings is 1.